The second kappa shape index (κ2) is 14.8. The number of fused-ring (bicyclic) bond motifs is 1. The summed E-state index contributed by atoms with van der Waals surface area (Å²) in [5.74, 6) is -0.905. The number of morpholine rings is 2. The smallest absolute Gasteiger partial charge is 0.272 e. The number of carbonyl (C=O) groups is 3. The number of amides is 3. The van der Waals surface area contributed by atoms with Crippen LogP contribution in [0.3, 0.4) is 0 Å². The second-order valence-corrected chi connectivity index (χ2v) is 12.8. The summed E-state index contributed by atoms with van der Waals surface area (Å²) in [4.78, 5) is 44.8. The van der Waals surface area contributed by atoms with Crippen molar-refractivity contribution in [1.82, 2.24) is 24.3 Å². The number of hydrogen-bond acceptors (Lipinski definition) is 8. The van der Waals surface area contributed by atoms with Crippen molar-refractivity contribution in [3.8, 4) is 0 Å². The molecule has 2 saturated heterocycles. The lowest BCUT2D eigenvalue weighted by molar-refractivity contribution is 0.0362. The Labute approximate surface area is 276 Å². The first-order chi connectivity index (χ1) is 22.4. The Morgan fingerprint density at radius 2 is 1.43 bits per heavy atom. The Morgan fingerprint density at radius 1 is 0.804 bits per heavy atom. The molecule has 0 aliphatic carbocycles. The maximum Gasteiger partial charge on any atom is 0.272 e. The molecule has 3 amide bonds. The molecule has 4 aromatic rings. The van der Waals surface area contributed by atoms with E-state index in [4.69, 9.17) is 21.1 Å². The van der Waals surface area contributed by atoms with Gasteiger partial charge in [-0.2, -0.15) is 0 Å². The fourth-order valence-electron chi connectivity index (χ4n) is 5.67. The van der Waals surface area contributed by atoms with Gasteiger partial charge < -0.3 is 34.6 Å². The first-order valence-electron chi connectivity index (χ1n) is 15.4. The molecule has 5 heterocycles. The number of aryl methyl sites for hydroxylation is 1. The highest BCUT2D eigenvalue weighted by Gasteiger charge is 2.21. The number of benzene rings is 1. The van der Waals surface area contributed by atoms with E-state index in [-0.39, 0.29) is 17.7 Å². The number of thiophene rings is 1. The molecule has 3 aromatic heterocycles. The Morgan fingerprint density at radius 3 is 2.15 bits per heavy atom. The molecule has 0 bridgehead atoms. The minimum atomic E-state index is -0.368. The van der Waals surface area contributed by atoms with Crippen LogP contribution in [0.1, 0.15) is 30.6 Å². The number of rotatable bonds is 11. The second-order valence-electron chi connectivity index (χ2n) is 11.3. The molecule has 0 atom stereocenters. The van der Waals surface area contributed by atoms with Crippen molar-refractivity contribution < 1.29 is 23.9 Å². The highest BCUT2D eigenvalue weighted by molar-refractivity contribution is 7.21. The third-order valence-electron chi connectivity index (χ3n) is 8.20. The molecule has 1 aromatic carbocycles. The lowest BCUT2D eigenvalue weighted by Crippen LogP contribution is -2.41. The van der Waals surface area contributed by atoms with Gasteiger partial charge in [-0.1, -0.05) is 29.8 Å². The van der Waals surface area contributed by atoms with E-state index in [1.807, 2.05) is 28.8 Å². The predicted octanol–water partition coefficient (Wildman–Crippen LogP) is 3.59. The zero-order valence-corrected chi connectivity index (χ0v) is 27.3. The number of hydrogen-bond donors (Lipinski definition) is 3. The van der Waals surface area contributed by atoms with Crippen LogP contribution >= 0.6 is 22.9 Å². The van der Waals surface area contributed by atoms with Gasteiger partial charge in [0.2, 0.25) is 0 Å². The summed E-state index contributed by atoms with van der Waals surface area (Å²) in [6, 6.07) is 10.9. The topological polar surface area (TPSA) is 122 Å². The Hall–Kier alpha value is -3.72. The van der Waals surface area contributed by atoms with Gasteiger partial charge in [-0.25, -0.2) is 0 Å². The molecule has 2 aliphatic rings. The van der Waals surface area contributed by atoms with Gasteiger partial charge in [0.25, 0.3) is 17.7 Å². The maximum atomic E-state index is 13.4. The van der Waals surface area contributed by atoms with Gasteiger partial charge in [0, 0.05) is 81.9 Å². The fourth-order valence-corrected chi connectivity index (χ4v) is 7.08. The van der Waals surface area contributed by atoms with Gasteiger partial charge in [-0.15, -0.1) is 11.3 Å². The summed E-state index contributed by atoms with van der Waals surface area (Å²) >= 11 is 7.82. The molecule has 3 N–H and O–H groups in total. The van der Waals surface area contributed by atoms with Crippen LogP contribution in [-0.2, 0) is 23.1 Å². The molecule has 0 spiro atoms. The van der Waals surface area contributed by atoms with Crippen LogP contribution in [0.5, 0.6) is 0 Å². The molecule has 0 radical (unpaired) electrons. The van der Waals surface area contributed by atoms with Crippen LogP contribution in [0.15, 0.2) is 48.8 Å². The Kier molecular flexibility index (Phi) is 10.4. The normalized spacial score (nSPS) is 16.0. The van der Waals surface area contributed by atoms with Crippen molar-refractivity contribution >= 4 is 62.1 Å². The molecule has 6 rings (SSSR count). The summed E-state index contributed by atoms with van der Waals surface area (Å²) in [5.41, 5.74) is 1.80. The molecule has 0 saturated carbocycles. The fraction of sp³-hybridized carbons (Fsp3) is 0.406. The van der Waals surface area contributed by atoms with Crippen molar-refractivity contribution in [1.29, 1.82) is 0 Å². The van der Waals surface area contributed by atoms with E-state index < -0.39 is 0 Å². The molecule has 0 unspecified atom stereocenters. The van der Waals surface area contributed by atoms with Crippen LogP contribution in [0.4, 0.5) is 11.4 Å². The maximum absolute atomic E-state index is 13.4. The van der Waals surface area contributed by atoms with E-state index in [1.54, 1.807) is 36.1 Å². The Balaban J connectivity index is 1.12. The number of ether oxygens (including phenoxy) is 2. The van der Waals surface area contributed by atoms with Gasteiger partial charge in [-0.3, -0.25) is 24.2 Å². The number of halogens is 1. The monoisotopic (exact) mass is 667 g/mol. The minimum absolute atomic E-state index is 0.195. The zero-order chi connectivity index (χ0) is 32.0. The van der Waals surface area contributed by atoms with Crippen molar-refractivity contribution in [2.75, 3.05) is 82.9 Å². The number of aromatic nitrogens is 2. The molecule has 244 valence electrons. The summed E-state index contributed by atoms with van der Waals surface area (Å²) < 4.78 is 15.3. The standard InChI is InChI=1S/C32H38ClN7O5S/c1-37-20-22(36-32(43)29-28(33)24-4-2-3-5-27(24)46-29)18-25(37)31(42)35-23-19-26(30(41)34-6-7-38-10-14-44-15-11-38)40(21-23)9-8-39-12-16-45-17-13-39/h2-5,18-21H,6-17H2,1H3,(H,34,41)(H,35,42)(H,36,43). The van der Waals surface area contributed by atoms with Gasteiger partial charge in [0.05, 0.1) is 42.8 Å². The summed E-state index contributed by atoms with van der Waals surface area (Å²) in [6.07, 6.45) is 3.47. The average Bonchev–Trinajstić information content (AvgIpc) is 3.75. The number of nitrogens with one attached hydrogen (secondary N) is 3. The highest BCUT2D eigenvalue weighted by atomic mass is 35.5. The average molecular weight is 668 g/mol. The van der Waals surface area contributed by atoms with Gasteiger partial charge in [0.1, 0.15) is 16.3 Å². The summed E-state index contributed by atoms with van der Waals surface area (Å²) in [6.45, 7) is 8.78. The van der Waals surface area contributed by atoms with Crippen molar-refractivity contribution in [3.63, 3.8) is 0 Å². The SMILES string of the molecule is Cn1cc(NC(=O)c2sc3ccccc3c2Cl)cc1C(=O)Nc1cc(C(=O)NCCN2CCOCC2)n(CCN2CCOCC2)c1. The van der Waals surface area contributed by atoms with Crippen LogP contribution in [-0.4, -0.2) is 109 Å². The zero-order valence-electron chi connectivity index (χ0n) is 25.7. The van der Waals surface area contributed by atoms with E-state index in [2.05, 4.69) is 25.8 Å². The molecule has 2 aliphatic heterocycles. The largest absolute Gasteiger partial charge is 0.379 e. The lowest BCUT2D eigenvalue weighted by atomic mass is 10.2. The first-order valence-corrected chi connectivity index (χ1v) is 16.6. The van der Waals surface area contributed by atoms with Crippen LogP contribution in [0, 0.1) is 0 Å². The van der Waals surface area contributed by atoms with Gasteiger partial charge in [-0.05, 0) is 18.2 Å². The van der Waals surface area contributed by atoms with Crippen molar-refractivity contribution in [2.45, 2.75) is 6.54 Å². The van der Waals surface area contributed by atoms with Crippen molar-refractivity contribution in [2.24, 2.45) is 7.05 Å². The van der Waals surface area contributed by atoms with E-state index in [9.17, 15) is 14.4 Å². The van der Waals surface area contributed by atoms with E-state index in [0.29, 0.717) is 72.2 Å². The highest BCUT2D eigenvalue weighted by Crippen LogP contribution is 2.35. The number of nitrogens with zero attached hydrogens (tertiary/aromatic N) is 4. The van der Waals surface area contributed by atoms with Gasteiger partial charge in [0.15, 0.2) is 0 Å². The minimum Gasteiger partial charge on any atom is -0.379 e. The third kappa shape index (κ3) is 7.63. The molecule has 2 fully saturated rings. The van der Waals surface area contributed by atoms with Crippen LogP contribution in [0.2, 0.25) is 5.02 Å². The van der Waals surface area contributed by atoms with E-state index in [0.717, 1.165) is 49.4 Å². The van der Waals surface area contributed by atoms with Crippen LogP contribution in [0.25, 0.3) is 10.1 Å². The lowest BCUT2D eigenvalue weighted by Gasteiger charge is -2.27. The van der Waals surface area contributed by atoms with Crippen LogP contribution < -0.4 is 16.0 Å². The molecular weight excluding hydrogens is 630 g/mol. The molecule has 14 heteroatoms. The quantitative estimate of drug-likeness (QED) is 0.224. The molecule has 46 heavy (non-hydrogen) atoms. The molecule has 12 nitrogen and oxygen atoms in total. The molecular formula is C32H38ClN7O5S. The van der Waals surface area contributed by atoms with E-state index >= 15 is 0 Å². The first kappa shape index (κ1) is 32.2. The summed E-state index contributed by atoms with van der Waals surface area (Å²) in [7, 11) is 1.73. The van der Waals surface area contributed by atoms with Crippen molar-refractivity contribution in [3.05, 3.63) is 70.1 Å². The van der Waals surface area contributed by atoms with E-state index in [1.165, 1.54) is 11.3 Å². The number of anilines is 2. The summed E-state index contributed by atoms with van der Waals surface area (Å²) in [5, 5.41) is 10.1. The predicted molar refractivity (Wildman–Crippen MR) is 179 cm³/mol. The Bertz CT molecular complexity index is 1700. The number of carbonyl (C=O) groups excluding carboxylic acids is 3. The third-order valence-corrected chi connectivity index (χ3v) is 9.88. The van der Waals surface area contributed by atoms with Gasteiger partial charge >= 0.3 is 0 Å².